The van der Waals surface area contributed by atoms with Crippen LogP contribution in [0.4, 0.5) is 11.4 Å². The quantitative estimate of drug-likeness (QED) is 0.677. The molecular weight excluding hydrogens is 408 g/mol. The second-order valence-electron chi connectivity index (χ2n) is 8.31. The van der Waals surface area contributed by atoms with E-state index < -0.39 is 11.8 Å². The summed E-state index contributed by atoms with van der Waals surface area (Å²) < 4.78 is 5.57. The van der Waals surface area contributed by atoms with E-state index in [1.807, 2.05) is 37.2 Å². The van der Waals surface area contributed by atoms with Gasteiger partial charge in [0.1, 0.15) is 5.75 Å². The number of carbonyl (C=O) groups excluding carboxylic acids is 3. The van der Waals surface area contributed by atoms with Gasteiger partial charge in [-0.3, -0.25) is 14.4 Å². The average molecular weight is 437 g/mol. The topological polar surface area (TPSA) is 91.0 Å². The van der Waals surface area contributed by atoms with Gasteiger partial charge in [-0.15, -0.1) is 0 Å². The van der Waals surface area contributed by atoms with Gasteiger partial charge < -0.3 is 25.2 Å². The third-order valence-electron chi connectivity index (χ3n) is 5.87. The Kier molecular flexibility index (Phi) is 6.41. The summed E-state index contributed by atoms with van der Waals surface area (Å²) in [6.07, 6.45) is 2.23. The van der Waals surface area contributed by atoms with Crippen molar-refractivity contribution < 1.29 is 19.1 Å². The molecule has 1 saturated heterocycles. The maximum absolute atomic E-state index is 12.5. The number of nitrogens with one attached hydrogen (secondary N) is 2. The Morgan fingerprint density at radius 3 is 2.72 bits per heavy atom. The average Bonchev–Trinajstić information content (AvgIpc) is 3.42. The number of hydrogen-bond acceptors (Lipinski definition) is 5. The Balaban J connectivity index is 1.37. The van der Waals surface area contributed by atoms with Gasteiger partial charge in [-0.05, 0) is 55.9 Å². The van der Waals surface area contributed by atoms with Crippen LogP contribution in [-0.4, -0.2) is 56.4 Å². The molecule has 2 aromatic carbocycles. The van der Waals surface area contributed by atoms with Crippen molar-refractivity contribution in [1.29, 1.82) is 0 Å². The number of nitrogens with zero attached hydrogens (tertiary/aromatic N) is 2. The van der Waals surface area contributed by atoms with Gasteiger partial charge in [0.25, 0.3) is 0 Å². The molecule has 8 nitrogen and oxygen atoms in total. The number of benzene rings is 2. The van der Waals surface area contributed by atoms with E-state index in [1.54, 1.807) is 23.1 Å². The first kappa shape index (κ1) is 21.8. The summed E-state index contributed by atoms with van der Waals surface area (Å²) in [5.74, 6) is -0.467. The summed E-state index contributed by atoms with van der Waals surface area (Å²) in [5.41, 5.74) is 3.42. The molecule has 1 unspecified atom stereocenters. The summed E-state index contributed by atoms with van der Waals surface area (Å²) >= 11 is 0. The highest BCUT2D eigenvalue weighted by Crippen LogP contribution is 2.29. The first-order valence-corrected chi connectivity index (χ1v) is 10.8. The zero-order chi connectivity index (χ0) is 22.7. The van der Waals surface area contributed by atoms with E-state index >= 15 is 0 Å². The summed E-state index contributed by atoms with van der Waals surface area (Å²) in [6, 6.07) is 13.0. The number of fused-ring (bicyclic) bond motifs is 1. The van der Waals surface area contributed by atoms with Crippen LogP contribution in [0.1, 0.15) is 30.0 Å². The standard InChI is InChI=1S/C24H28N4O4/c1-27(2)20(16-8-9-21-17(13-16)10-12-32-21)15-25-23(30)24(31)26-18-5-3-6-19(14-18)28-11-4-7-22(28)29/h3,5-6,8-9,13-14,20H,4,7,10-12,15H2,1-2H3,(H,25,30)(H,26,31). The fourth-order valence-corrected chi connectivity index (χ4v) is 4.14. The summed E-state index contributed by atoms with van der Waals surface area (Å²) in [6.45, 7) is 1.65. The van der Waals surface area contributed by atoms with Gasteiger partial charge in [0, 0.05) is 37.3 Å². The zero-order valence-electron chi connectivity index (χ0n) is 18.4. The second-order valence-corrected chi connectivity index (χ2v) is 8.31. The summed E-state index contributed by atoms with van der Waals surface area (Å²) in [7, 11) is 3.87. The molecule has 0 aliphatic carbocycles. The highest BCUT2D eigenvalue weighted by Gasteiger charge is 2.23. The molecule has 2 aromatic rings. The molecule has 0 saturated carbocycles. The van der Waals surface area contributed by atoms with Gasteiger partial charge in [0.05, 0.1) is 12.6 Å². The van der Waals surface area contributed by atoms with Crippen molar-refractivity contribution in [3.05, 3.63) is 53.6 Å². The maximum atomic E-state index is 12.5. The largest absolute Gasteiger partial charge is 0.493 e. The fourth-order valence-electron chi connectivity index (χ4n) is 4.14. The molecule has 2 aliphatic rings. The SMILES string of the molecule is CN(C)C(CNC(=O)C(=O)Nc1cccc(N2CCCC2=O)c1)c1ccc2c(c1)CCO2. The highest BCUT2D eigenvalue weighted by atomic mass is 16.5. The van der Waals surface area contributed by atoms with E-state index in [0.29, 0.717) is 31.8 Å². The molecule has 2 heterocycles. The predicted octanol–water partition coefficient (Wildman–Crippen LogP) is 2.11. The Bertz CT molecular complexity index is 1040. The summed E-state index contributed by atoms with van der Waals surface area (Å²) in [4.78, 5) is 40.6. The van der Waals surface area contributed by atoms with Crippen molar-refractivity contribution in [2.45, 2.75) is 25.3 Å². The number of hydrogen-bond donors (Lipinski definition) is 2. The van der Waals surface area contributed by atoms with Crippen LogP contribution < -0.4 is 20.3 Å². The van der Waals surface area contributed by atoms with E-state index in [9.17, 15) is 14.4 Å². The van der Waals surface area contributed by atoms with E-state index in [4.69, 9.17) is 4.74 Å². The number of ether oxygens (including phenoxy) is 1. The minimum atomic E-state index is -0.741. The third kappa shape index (κ3) is 4.75. The van der Waals surface area contributed by atoms with Crippen LogP contribution in [0, 0.1) is 0 Å². The second kappa shape index (κ2) is 9.40. The van der Waals surface area contributed by atoms with Crippen LogP contribution >= 0.6 is 0 Å². The Labute approximate surface area is 187 Å². The number of likely N-dealkylation sites (N-methyl/N-ethyl adjacent to an activating group) is 1. The van der Waals surface area contributed by atoms with Crippen molar-refractivity contribution in [2.75, 3.05) is 44.0 Å². The molecule has 2 aliphatic heterocycles. The third-order valence-corrected chi connectivity index (χ3v) is 5.87. The number of amides is 3. The molecule has 0 spiro atoms. The van der Waals surface area contributed by atoms with Crippen molar-refractivity contribution in [3.63, 3.8) is 0 Å². The molecule has 8 heteroatoms. The number of anilines is 2. The lowest BCUT2D eigenvalue weighted by atomic mass is 10.0. The van der Waals surface area contributed by atoms with Gasteiger partial charge in [0.2, 0.25) is 5.91 Å². The lowest BCUT2D eigenvalue weighted by molar-refractivity contribution is -0.136. The van der Waals surface area contributed by atoms with Crippen LogP contribution in [0.5, 0.6) is 5.75 Å². The fraction of sp³-hybridized carbons (Fsp3) is 0.375. The normalized spacial score (nSPS) is 16.0. The smallest absolute Gasteiger partial charge is 0.313 e. The first-order chi connectivity index (χ1) is 15.4. The van der Waals surface area contributed by atoms with Crippen LogP contribution in [0.15, 0.2) is 42.5 Å². The van der Waals surface area contributed by atoms with Crippen LogP contribution in [0.3, 0.4) is 0 Å². The van der Waals surface area contributed by atoms with Crippen molar-refractivity contribution in [2.24, 2.45) is 0 Å². The van der Waals surface area contributed by atoms with Gasteiger partial charge in [-0.1, -0.05) is 18.2 Å². The molecule has 0 aromatic heterocycles. The van der Waals surface area contributed by atoms with Crippen LogP contribution in [-0.2, 0) is 20.8 Å². The monoisotopic (exact) mass is 436 g/mol. The molecular formula is C24H28N4O4. The van der Waals surface area contributed by atoms with Gasteiger partial charge in [-0.2, -0.15) is 0 Å². The van der Waals surface area contributed by atoms with Gasteiger partial charge in [0.15, 0.2) is 0 Å². The lowest BCUT2D eigenvalue weighted by Crippen LogP contribution is -2.40. The zero-order valence-corrected chi connectivity index (χ0v) is 18.4. The molecule has 168 valence electrons. The minimum absolute atomic E-state index is 0.0686. The lowest BCUT2D eigenvalue weighted by Gasteiger charge is -2.25. The predicted molar refractivity (Wildman–Crippen MR) is 122 cm³/mol. The van der Waals surface area contributed by atoms with E-state index in [0.717, 1.165) is 35.4 Å². The van der Waals surface area contributed by atoms with Crippen molar-refractivity contribution in [3.8, 4) is 5.75 Å². The maximum Gasteiger partial charge on any atom is 0.313 e. The molecule has 0 bridgehead atoms. The number of carbonyl (C=O) groups is 3. The minimum Gasteiger partial charge on any atom is -0.493 e. The van der Waals surface area contributed by atoms with E-state index in [1.165, 1.54) is 0 Å². The van der Waals surface area contributed by atoms with E-state index in [2.05, 4.69) is 16.7 Å². The van der Waals surface area contributed by atoms with Gasteiger partial charge in [-0.25, -0.2) is 0 Å². The van der Waals surface area contributed by atoms with Crippen molar-refractivity contribution >= 4 is 29.1 Å². The Hall–Kier alpha value is -3.39. The molecule has 1 atom stereocenters. The first-order valence-electron chi connectivity index (χ1n) is 10.8. The molecule has 1 fully saturated rings. The Morgan fingerprint density at radius 1 is 1.12 bits per heavy atom. The van der Waals surface area contributed by atoms with E-state index in [-0.39, 0.29) is 11.9 Å². The van der Waals surface area contributed by atoms with Crippen LogP contribution in [0.25, 0.3) is 0 Å². The highest BCUT2D eigenvalue weighted by molar-refractivity contribution is 6.39. The molecule has 3 amide bonds. The van der Waals surface area contributed by atoms with Crippen molar-refractivity contribution in [1.82, 2.24) is 10.2 Å². The number of rotatable bonds is 6. The molecule has 0 radical (unpaired) electrons. The molecule has 4 rings (SSSR count). The molecule has 32 heavy (non-hydrogen) atoms. The molecule has 2 N–H and O–H groups in total. The van der Waals surface area contributed by atoms with Crippen LogP contribution in [0.2, 0.25) is 0 Å². The summed E-state index contributed by atoms with van der Waals surface area (Å²) in [5, 5.41) is 5.37. The van der Waals surface area contributed by atoms with Gasteiger partial charge >= 0.3 is 11.8 Å². The Morgan fingerprint density at radius 2 is 1.97 bits per heavy atom.